The van der Waals surface area contributed by atoms with Crippen molar-refractivity contribution < 1.29 is 49.0 Å². The number of sulfonamides is 1. The molecule has 1 atom stereocenters. The third-order valence-electron chi connectivity index (χ3n) is 8.40. The molecule has 6 aromatic carbocycles. The Labute approximate surface area is 331 Å². The lowest BCUT2D eigenvalue weighted by atomic mass is 10.1. The highest BCUT2D eigenvalue weighted by atomic mass is 32.2. The van der Waals surface area contributed by atoms with Crippen LogP contribution in [0.15, 0.2) is 149 Å². The predicted octanol–water partition coefficient (Wildman–Crippen LogP) is 9.57. The normalized spacial score (nSPS) is 13.2. The van der Waals surface area contributed by atoms with Crippen molar-refractivity contribution in [1.29, 1.82) is 0 Å². The molecule has 0 bridgehead atoms. The molecule has 0 amide bonds. The molecule has 6 aromatic rings. The molecule has 0 aliphatic heterocycles. The van der Waals surface area contributed by atoms with Crippen molar-refractivity contribution in [2.75, 3.05) is 5.32 Å². The van der Waals surface area contributed by atoms with Gasteiger partial charge in [-0.1, -0.05) is 42.3 Å². The van der Waals surface area contributed by atoms with E-state index >= 15 is 0 Å². The highest BCUT2D eigenvalue weighted by molar-refractivity contribution is 7.94. The Morgan fingerprint density at radius 3 is 2.07 bits per heavy atom. The van der Waals surface area contributed by atoms with Gasteiger partial charge in [-0.15, -0.1) is 19.7 Å². The van der Waals surface area contributed by atoms with Gasteiger partial charge in [0.25, 0.3) is 20.2 Å². The first-order valence-electron chi connectivity index (χ1n) is 16.6. The van der Waals surface area contributed by atoms with Crippen LogP contribution >= 0.6 is 12.0 Å². The molecule has 57 heavy (non-hydrogen) atoms. The molecule has 0 aromatic heterocycles. The van der Waals surface area contributed by atoms with Crippen LogP contribution in [0.5, 0.6) is 0 Å². The fraction of sp³-hybridized carbons (Fsp3) is 0.111. The van der Waals surface area contributed by atoms with E-state index in [2.05, 4.69) is 39.9 Å². The van der Waals surface area contributed by atoms with Gasteiger partial charge in [0, 0.05) is 33.6 Å². The summed E-state index contributed by atoms with van der Waals surface area (Å²) in [6, 6.07) is 26.6. The Hall–Kier alpha value is -5.20. The third-order valence-corrected chi connectivity index (χ3v) is 12.4. The van der Waals surface area contributed by atoms with Gasteiger partial charge in [-0.05, 0) is 97.6 Å². The Morgan fingerprint density at radius 1 is 0.702 bits per heavy atom. The number of para-hydroxylation sites is 1. The number of hydrogen-bond donors (Lipinski definition) is 5. The van der Waals surface area contributed by atoms with Crippen LogP contribution in [0.2, 0.25) is 0 Å². The van der Waals surface area contributed by atoms with Gasteiger partial charge in [0.15, 0.2) is 0 Å². The fourth-order valence-electron chi connectivity index (χ4n) is 5.53. The fourth-order valence-corrected chi connectivity index (χ4v) is 8.59. The number of anilines is 2. The van der Waals surface area contributed by atoms with Crippen molar-refractivity contribution in [1.82, 2.24) is 4.72 Å². The zero-order valence-corrected chi connectivity index (χ0v) is 33.0. The summed E-state index contributed by atoms with van der Waals surface area (Å²) in [5.74, 6) is 0. The summed E-state index contributed by atoms with van der Waals surface area (Å²) in [5, 5.41) is 33.7. The number of rotatable bonds is 15. The molecule has 0 heterocycles. The molecule has 6 rings (SSSR count). The number of fused-ring (bicyclic) bond motifs is 2. The first kappa shape index (κ1) is 41.4. The summed E-state index contributed by atoms with van der Waals surface area (Å²) >= 11 is 0.491. The number of benzene rings is 6. The van der Waals surface area contributed by atoms with Crippen molar-refractivity contribution in [3.8, 4) is 0 Å². The van der Waals surface area contributed by atoms with Crippen LogP contribution < -0.4 is 10.0 Å². The summed E-state index contributed by atoms with van der Waals surface area (Å²) in [4.78, 5) is -0.779. The standard InChI is InChI=1S/C36H32N6O11S4/c1-3-22(2)42-55(44,45)26-14-12-25(13-15-26)38-41-33-21-29-23(19-34(33)54-53-52-43)18-27(56(46,47)48)20-32(29)40-39-30-16-17-31(37-24-8-5-4-6-9-24)36-28(30)10-7-11-35(36)57(49,50)51/h4-22,37,42-43H,3H2,1-2H3,(H,46,47,48)(H,49,50,51)/b40-39+,41-38+. The second kappa shape index (κ2) is 17.1. The first-order chi connectivity index (χ1) is 27.1. The molecular weight excluding hydrogens is 821 g/mol. The van der Waals surface area contributed by atoms with Gasteiger partial charge in [0.1, 0.15) is 10.6 Å². The molecule has 0 saturated carbocycles. The molecule has 21 heteroatoms. The minimum absolute atomic E-state index is 0.0194. The maximum Gasteiger partial charge on any atom is 0.295 e. The Bertz CT molecular complexity index is 2860. The van der Waals surface area contributed by atoms with E-state index in [1.807, 2.05) is 13.0 Å². The van der Waals surface area contributed by atoms with Gasteiger partial charge in [0.05, 0.1) is 43.8 Å². The van der Waals surface area contributed by atoms with Crippen LogP contribution in [-0.4, -0.2) is 45.7 Å². The molecule has 0 fully saturated rings. The topological polar surface area (TPSA) is 255 Å². The molecule has 296 valence electrons. The van der Waals surface area contributed by atoms with E-state index in [-0.39, 0.29) is 60.1 Å². The van der Waals surface area contributed by atoms with Gasteiger partial charge in [0.2, 0.25) is 10.0 Å². The van der Waals surface area contributed by atoms with Gasteiger partial charge in [-0.2, -0.15) is 21.9 Å². The van der Waals surface area contributed by atoms with Crippen molar-refractivity contribution in [3.63, 3.8) is 0 Å². The third kappa shape index (κ3) is 9.85. The number of azo groups is 2. The largest absolute Gasteiger partial charge is 0.355 e. The smallest absolute Gasteiger partial charge is 0.295 e. The summed E-state index contributed by atoms with van der Waals surface area (Å²) in [6.45, 7) is 3.59. The highest BCUT2D eigenvalue weighted by Gasteiger charge is 2.21. The minimum atomic E-state index is -4.80. The zero-order chi connectivity index (χ0) is 41.0. The Morgan fingerprint density at radius 2 is 1.40 bits per heavy atom. The van der Waals surface area contributed by atoms with Crippen LogP contribution in [0.1, 0.15) is 20.3 Å². The van der Waals surface area contributed by atoms with E-state index in [9.17, 15) is 34.4 Å². The average molecular weight is 853 g/mol. The van der Waals surface area contributed by atoms with Crippen LogP contribution in [0.25, 0.3) is 21.5 Å². The summed E-state index contributed by atoms with van der Waals surface area (Å²) in [6.07, 6.45) is 0.595. The molecule has 1 unspecified atom stereocenters. The van der Waals surface area contributed by atoms with Crippen LogP contribution in [0.4, 0.5) is 34.1 Å². The van der Waals surface area contributed by atoms with E-state index < -0.39 is 40.1 Å². The number of hydrogen-bond acceptors (Lipinski definition) is 15. The summed E-state index contributed by atoms with van der Waals surface area (Å²) in [7, 11) is -13.3. The molecule has 5 N–H and O–H groups in total. The van der Waals surface area contributed by atoms with E-state index in [0.717, 1.165) is 12.1 Å². The molecule has 17 nitrogen and oxygen atoms in total. The number of nitrogens with zero attached hydrogens (tertiary/aromatic N) is 4. The zero-order valence-electron chi connectivity index (χ0n) is 29.7. The SMILES string of the molecule is CCC(C)NS(=O)(=O)c1ccc(/N=N/c2cc3c(/N=N/c4ccc(Nc5ccccc5)c5c(S(=O)(=O)O)cccc45)cc(S(=O)(=O)O)cc3cc2SOOO)cc1. The van der Waals surface area contributed by atoms with E-state index in [1.54, 1.807) is 43.3 Å². The molecular formula is C36H32N6O11S4. The molecule has 0 aliphatic rings. The first-order valence-corrected chi connectivity index (χ1v) is 21.7. The van der Waals surface area contributed by atoms with Crippen molar-refractivity contribution >= 4 is 98.0 Å². The van der Waals surface area contributed by atoms with Crippen LogP contribution in [0.3, 0.4) is 0 Å². The van der Waals surface area contributed by atoms with Crippen LogP contribution in [0, 0.1) is 0 Å². The molecule has 0 aliphatic carbocycles. The summed E-state index contributed by atoms with van der Waals surface area (Å²) < 4.78 is 103. The second-order valence-corrected chi connectivity index (χ2v) is 17.6. The van der Waals surface area contributed by atoms with Gasteiger partial charge >= 0.3 is 0 Å². The average Bonchev–Trinajstić information content (AvgIpc) is 3.18. The van der Waals surface area contributed by atoms with Gasteiger partial charge in [-0.3, -0.25) is 9.11 Å². The quantitative estimate of drug-likeness (QED) is 0.0212. The maximum absolute atomic E-state index is 12.7. The van der Waals surface area contributed by atoms with Gasteiger partial charge < -0.3 is 5.32 Å². The molecule has 0 spiro atoms. The lowest BCUT2D eigenvalue weighted by molar-refractivity contribution is -0.432. The minimum Gasteiger partial charge on any atom is -0.355 e. The Balaban J connectivity index is 1.46. The number of nitrogens with one attached hydrogen (secondary N) is 2. The van der Waals surface area contributed by atoms with Crippen molar-refractivity contribution in [2.45, 2.75) is 45.9 Å². The van der Waals surface area contributed by atoms with Crippen molar-refractivity contribution in [3.05, 3.63) is 109 Å². The molecule has 0 radical (unpaired) electrons. The van der Waals surface area contributed by atoms with Gasteiger partial charge in [-0.25, -0.2) is 18.4 Å². The lowest BCUT2D eigenvalue weighted by Gasteiger charge is -2.14. The van der Waals surface area contributed by atoms with E-state index in [0.29, 0.717) is 29.8 Å². The van der Waals surface area contributed by atoms with Crippen molar-refractivity contribution in [2.24, 2.45) is 20.5 Å². The maximum atomic E-state index is 12.7. The van der Waals surface area contributed by atoms with E-state index in [4.69, 9.17) is 5.26 Å². The van der Waals surface area contributed by atoms with Crippen LogP contribution in [-0.2, 0) is 39.6 Å². The highest BCUT2D eigenvalue weighted by Crippen LogP contribution is 2.42. The van der Waals surface area contributed by atoms with E-state index in [1.165, 1.54) is 54.6 Å². The second-order valence-electron chi connectivity index (χ2n) is 12.3. The molecule has 0 saturated heterocycles. The monoisotopic (exact) mass is 852 g/mol. The lowest BCUT2D eigenvalue weighted by Crippen LogP contribution is -2.31. The summed E-state index contributed by atoms with van der Waals surface area (Å²) in [5.41, 5.74) is 1.36. The Kier molecular flexibility index (Phi) is 12.4. The predicted molar refractivity (Wildman–Crippen MR) is 213 cm³/mol.